The minimum absolute atomic E-state index is 0.0323. The zero-order valence-electron chi connectivity index (χ0n) is 16.9. The second-order valence-electron chi connectivity index (χ2n) is 8.26. The summed E-state index contributed by atoms with van der Waals surface area (Å²) < 4.78 is 1.86. The molecule has 2 N–H and O–H groups in total. The van der Waals surface area contributed by atoms with E-state index in [0.717, 1.165) is 36.0 Å². The van der Waals surface area contributed by atoms with Crippen LogP contribution in [0.5, 0.6) is 0 Å². The van der Waals surface area contributed by atoms with E-state index in [2.05, 4.69) is 41.4 Å². The molecule has 0 spiro atoms. The average molecular weight is 350 g/mol. The summed E-state index contributed by atoms with van der Waals surface area (Å²) in [6.07, 6.45) is 2.55. The predicted molar refractivity (Wildman–Crippen MR) is 102 cm³/mol. The topological polar surface area (TPSA) is 62.2 Å². The summed E-state index contributed by atoms with van der Waals surface area (Å²) in [5.41, 5.74) is 3.13. The van der Waals surface area contributed by atoms with E-state index < -0.39 is 0 Å². The number of urea groups is 1. The summed E-state index contributed by atoms with van der Waals surface area (Å²) in [6, 6.07) is -0.180. The van der Waals surface area contributed by atoms with Gasteiger partial charge in [-0.3, -0.25) is 9.58 Å². The molecule has 1 aromatic heterocycles. The molecule has 6 nitrogen and oxygen atoms in total. The second kappa shape index (κ2) is 7.77. The Morgan fingerprint density at radius 1 is 1.40 bits per heavy atom. The van der Waals surface area contributed by atoms with E-state index in [1.807, 2.05) is 32.5 Å². The molecule has 142 valence electrons. The first-order valence-corrected chi connectivity index (χ1v) is 9.41. The number of hydrogen-bond donors (Lipinski definition) is 2. The molecule has 25 heavy (non-hydrogen) atoms. The summed E-state index contributed by atoms with van der Waals surface area (Å²) in [6.45, 7) is 15.6. The van der Waals surface area contributed by atoms with E-state index in [4.69, 9.17) is 0 Å². The number of rotatable bonds is 5. The molecule has 0 saturated carbocycles. The van der Waals surface area contributed by atoms with Crippen LogP contribution in [0.1, 0.15) is 63.5 Å². The van der Waals surface area contributed by atoms with Gasteiger partial charge in [-0.15, -0.1) is 0 Å². The van der Waals surface area contributed by atoms with Gasteiger partial charge < -0.3 is 10.6 Å². The number of likely N-dealkylation sites (tertiary alicyclic amines) is 1. The minimum Gasteiger partial charge on any atom is -0.336 e. The fraction of sp³-hybridized carbons (Fsp3) is 0.789. The number of nitrogens with zero attached hydrogens (tertiary/aromatic N) is 3. The number of hydrogen-bond acceptors (Lipinski definition) is 3. The number of aromatic nitrogens is 2. The minimum atomic E-state index is -0.117. The third kappa shape index (κ3) is 4.75. The third-order valence-corrected chi connectivity index (χ3v) is 5.54. The van der Waals surface area contributed by atoms with Crippen LogP contribution in [0.3, 0.4) is 0 Å². The Morgan fingerprint density at radius 3 is 2.64 bits per heavy atom. The molecule has 1 fully saturated rings. The van der Waals surface area contributed by atoms with Gasteiger partial charge in [-0.25, -0.2) is 4.79 Å². The van der Waals surface area contributed by atoms with Gasteiger partial charge in [-0.2, -0.15) is 5.10 Å². The molecule has 1 saturated heterocycles. The van der Waals surface area contributed by atoms with E-state index in [9.17, 15) is 4.79 Å². The molecular weight excluding hydrogens is 314 g/mol. The fourth-order valence-corrected chi connectivity index (χ4v) is 3.88. The molecule has 6 heteroatoms. The lowest BCUT2D eigenvalue weighted by molar-refractivity contribution is 0.0723. The summed E-state index contributed by atoms with van der Waals surface area (Å²) in [7, 11) is 1.93. The normalized spacial score (nSPS) is 20.4. The van der Waals surface area contributed by atoms with Crippen molar-refractivity contribution in [3.63, 3.8) is 0 Å². The van der Waals surface area contributed by atoms with Gasteiger partial charge >= 0.3 is 6.03 Å². The number of piperidine rings is 1. The van der Waals surface area contributed by atoms with Crippen LogP contribution in [-0.4, -0.2) is 45.9 Å². The van der Waals surface area contributed by atoms with E-state index >= 15 is 0 Å². The molecule has 2 heterocycles. The smallest absolute Gasteiger partial charge is 0.315 e. The highest BCUT2D eigenvalue weighted by molar-refractivity contribution is 5.74. The van der Waals surface area contributed by atoms with Crippen molar-refractivity contribution < 1.29 is 4.79 Å². The van der Waals surface area contributed by atoms with Crippen molar-refractivity contribution in [3.05, 3.63) is 17.0 Å². The average Bonchev–Trinajstić information content (AvgIpc) is 2.78. The molecular formula is C19H35N5O. The Morgan fingerprint density at radius 2 is 2.08 bits per heavy atom. The molecule has 0 radical (unpaired) electrons. The maximum atomic E-state index is 12.4. The van der Waals surface area contributed by atoms with Crippen LogP contribution in [0, 0.1) is 19.8 Å². The van der Waals surface area contributed by atoms with Gasteiger partial charge in [0, 0.05) is 36.9 Å². The second-order valence-corrected chi connectivity index (χ2v) is 8.26. The first kappa shape index (κ1) is 19.8. The molecule has 2 atom stereocenters. The summed E-state index contributed by atoms with van der Waals surface area (Å²) >= 11 is 0. The Balaban J connectivity index is 1.89. The third-order valence-electron chi connectivity index (χ3n) is 5.54. The summed E-state index contributed by atoms with van der Waals surface area (Å²) in [5, 5.41) is 10.5. The molecule has 2 rings (SSSR count). The van der Waals surface area contributed by atoms with Gasteiger partial charge in [-0.1, -0.05) is 6.92 Å². The van der Waals surface area contributed by atoms with Crippen LogP contribution in [0.4, 0.5) is 4.79 Å². The molecule has 0 bridgehead atoms. The van der Waals surface area contributed by atoms with Crippen LogP contribution in [0.15, 0.2) is 0 Å². The van der Waals surface area contributed by atoms with Crippen LogP contribution in [0.25, 0.3) is 0 Å². The fourth-order valence-electron chi connectivity index (χ4n) is 3.88. The van der Waals surface area contributed by atoms with Crippen molar-refractivity contribution in [1.29, 1.82) is 0 Å². The van der Waals surface area contributed by atoms with Crippen molar-refractivity contribution in [2.24, 2.45) is 13.0 Å². The van der Waals surface area contributed by atoms with Crippen LogP contribution >= 0.6 is 0 Å². The first-order chi connectivity index (χ1) is 11.6. The van der Waals surface area contributed by atoms with Crippen molar-refractivity contribution in [2.75, 3.05) is 19.6 Å². The number of carbonyl (C=O) groups is 1. The predicted octanol–water partition coefficient (Wildman–Crippen LogP) is 2.91. The molecule has 1 aromatic rings. The molecule has 0 aromatic carbocycles. The summed E-state index contributed by atoms with van der Waals surface area (Å²) in [4.78, 5) is 14.9. The zero-order valence-corrected chi connectivity index (χ0v) is 16.9. The lowest BCUT2D eigenvalue weighted by Gasteiger charge is -2.43. The van der Waals surface area contributed by atoms with E-state index in [1.54, 1.807) is 0 Å². The lowest BCUT2D eigenvalue weighted by atomic mass is 9.93. The Labute approximate surface area is 152 Å². The van der Waals surface area contributed by atoms with Gasteiger partial charge in [0.25, 0.3) is 0 Å². The van der Waals surface area contributed by atoms with Gasteiger partial charge in [0.05, 0.1) is 11.7 Å². The Kier molecular flexibility index (Phi) is 6.14. The molecule has 0 aliphatic carbocycles. The highest BCUT2D eigenvalue weighted by Crippen LogP contribution is 2.23. The number of nitrogens with one attached hydrogen (secondary N) is 2. The van der Waals surface area contributed by atoms with Gasteiger partial charge in [-0.05, 0) is 59.9 Å². The molecule has 2 unspecified atom stereocenters. The van der Waals surface area contributed by atoms with Crippen LogP contribution in [0.2, 0.25) is 0 Å². The Hall–Kier alpha value is -1.56. The van der Waals surface area contributed by atoms with E-state index in [-0.39, 0.29) is 17.6 Å². The van der Waals surface area contributed by atoms with Gasteiger partial charge in [0.2, 0.25) is 0 Å². The number of aryl methyl sites for hydroxylation is 2. The SMILES string of the molecule is Cc1nn(C)c(C)c1C(C)NC(=O)NCC(C)(C)N1CCCC(C)C1. The Bertz CT molecular complexity index is 607. The van der Waals surface area contributed by atoms with Gasteiger partial charge in [0.1, 0.15) is 0 Å². The van der Waals surface area contributed by atoms with Crippen LogP contribution < -0.4 is 10.6 Å². The zero-order chi connectivity index (χ0) is 18.8. The quantitative estimate of drug-likeness (QED) is 0.859. The first-order valence-electron chi connectivity index (χ1n) is 9.41. The largest absolute Gasteiger partial charge is 0.336 e. The molecule has 2 amide bonds. The van der Waals surface area contributed by atoms with Crippen molar-refractivity contribution >= 4 is 6.03 Å². The van der Waals surface area contributed by atoms with E-state index in [0.29, 0.717) is 6.54 Å². The standard InChI is InChI=1S/C19H35N5O/c1-13-9-8-10-24(11-13)19(5,6)12-20-18(25)21-14(2)17-15(3)22-23(7)16(17)4/h13-14H,8-12H2,1-7H3,(H2,20,21,25). The lowest BCUT2D eigenvalue weighted by Crippen LogP contribution is -2.55. The van der Waals surface area contributed by atoms with E-state index in [1.165, 1.54) is 12.8 Å². The number of amides is 2. The highest BCUT2D eigenvalue weighted by Gasteiger charge is 2.30. The number of carbonyl (C=O) groups excluding carboxylic acids is 1. The molecule has 1 aliphatic rings. The van der Waals surface area contributed by atoms with Crippen molar-refractivity contribution in [3.8, 4) is 0 Å². The maximum absolute atomic E-state index is 12.4. The monoisotopic (exact) mass is 349 g/mol. The van der Waals surface area contributed by atoms with Crippen molar-refractivity contribution in [1.82, 2.24) is 25.3 Å². The summed E-state index contributed by atoms with van der Waals surface area (Å²) in [5.74, 6) is 0.735. The maximum Gasteiger partial charge on any atom is 0.315 e. The van der Waals surface area contributed by atoms with Crippen LogP contribution in [-0.2, 0) is 7.05 Å². The highest BCUT2D eigenvalue weighted by atomic mass is 16.2. The van der Waals surface area contributed by atoms with Crippen molar-refractivity contribution in [2.45, 2.75) is 66.0 Å². The molecule has 1 aliphatic heterocycles. The van der Waals surface area contributed by atoms with Gasteiger partial charge in [0.15, 0.2) is 0 Å².